The van der Waals surface area contributed by atoms with E-state index < -0.39 is 10.8 Å². The molecule has 0 aromatic heterocycles. The van der Waals surface area contributed by atoms with Gasteiger partial charge in [-0.3, -0.25) is 14.9 Å². The summed E-state index contributed by atoms with van der Waals surface area (Å²) in [6.45, 7) is 2.25. The van der Waals surface area contributed by atoms with Crippen molar-refractivity contribution in [3.8, 4) is 0 Å². The van der Waals surface area contributed by atoms with Crippen molar-refractivity contribution in [2.45, 2.75) is 13.3 Å². The number of hydrogen-bond acceptors (Lipinski definition) is 4. The number of carbonyl (C=O) groups is 2. The number of benzene rings is 2. The van der Waals surface area contributed by atoms with Crippen molar-refractivity contribution in [3.63, 3.8) is 0 Å². The molecule has 1 aliphatic heterocycles. The highest BCUT2D eigenvalue weighted by atomic mass is 35.5. The summed E-state index contributed by atoms with van der Waals surface area (Å²) in [5.41, 5.74) is 2.33. The molecular weight excluding hydrogens is 346 g/mol. The Morgan fingerprint density at radius 1 is 1.24 bits per heavy atom. The maximum atomic E-state index is 12.3. The van der Waals surface area contributed by atoms with Crippen molar-refractivity contribution in [3.05, 3.63) is 62.7 Å². The number of rotatable bonds is 3. The topological polar surface area (TPSA) is 93.8 Å². The number of halogens is 1. The van der Waals surface area contributed by atoms with Crippen LogP contribution in [0.5, 0.6) is 0 Å². The van der Waals surface area contributed by atoms with Gasteiger partial charge in [-0.2, -0.15) is 0 Å². The molecule has 8 heteroatoms. The molecule has 0 radical (unpaired) electrons. The molecule has 2 amide bonds. The standard InChI is InChI=1S/C17H14ClN3O4/c1-10(22)20-7-6-11-8-13(3-5-15(11)20)19-17(23)12-2-4-14(18)16(9-12)21(24)25/h2-5,8-9H,6-7H2,1H3,(H,19,23)/p+1. The maximum Gasteiger partial charge on any atom is 0.314 e. The number of nitrogens with one attached hydrogen (secondary N) is 2. The molecule has 1 heterocycles. The zero-order chi connectivity index (χ0) is 18.1. The van der Waals surface area contributed by atoms with Crippen LogP contribution in [0.25, 0.3) is 0 Å². The van der Waals surface area contributed by atoms with Crippen molar-refractivity contribution in [2.75, 3.05) is 11.9 Å². The number of carbonyl (C=O) groups excluding carboxylic acids is 2. The summed E-state index contributed by atoms with van der Waals surface area (Å²) >= 11 is 5.76. The first-order valence-corrected chi connectivity index (χ1v) is 8.00. The summed E-state index contributed by atoms with van der Waals surface area (Å²) in [5, 5.41) is 13.6. The molecule has 1 atom stereocenters. The predicted molar refractivity (Wildman–Crippen MR) is 92.4 cm³/mol. The Morgan fingerprint density at radius 3 is 2.68 bits per heavy atom. The first-order valence-electron chi connectivity index (χ1n) is 7.62. The zero-order valence-corrected chi connectivity index (χ0v) is 14.1. The second-order valence-corrected chi connectivity index (χ2v) is 6.19. The van der Waals surface area contributed by atoms with Gasteiger partial charge >= 0.3 is 5.91 Å². The molecule has 1 aliphatic rings. The fourth-order valence-corrected chi connectivity index (χ4v) is 3.12. The average Bonchev–Trinajstić information content (AvgIpc) is 2.98. The molecule has 0 bridgehead atoms. The molecule has 0 saturated carbocycles. The van der Waals surface area contributed by atoms with Gasteiger partial charge in [0.15, 0.2) is 0 Å². The van der Waals surface area contributed by atoms with Gasteiger partial charge in [0.05, 0.1) is 18.4 Å². The SMILES string of the molecule is CC(=O)[NH+]1CCc2cc(NC(=O)c3ccc(Cl)c([N+](=O)[O-])c3)ccc21. The third kappa shape index (κ3) is 3.38. The lowest BCUT2D eigenvalue weighted by atomic mass is 10.1. The average molecular weight is 361 g/mol. The Labute approximate surface area is 148 Å². The molecule has 0 fully saturated rings. The Hall–Kier alpha value is -2.77. The highest BCUT2D eigenvalue weighted by Gasteiger charge is 2.28. The first kappa shape index (κ1) is 17.1. The van der Waals surface area contributed by atoms with Crippen LogP contribution in [-0.4, -0.2) is 23.3 Å². The summed E-state index contributed by atoms with van der Waals surface area (Å²) < 4.78 is 0. The van der Waals surface area contributed by atoms with Gasteiger partial charge in [0.2, 0.25) is 0 Å². The molecule has 2 N–H and O–H groups in total. The van der Waals surface area contributed by atoms with E-state index in [0.717, 1.165) is 28.6 Å². The minimum atomic E-state index is -0.631. The molecule has 2 aromatic carbocycles. The molecule has 0 aliphatic carbocycles. The van der Waals surface area contributed by atoms with Gasteiger partial charge in [0, 0.05) is 35.4 Å². The number of nitro benzene ring substituents is 1. The molecule has 0 saturated heterocycles. The van der Waals surface area contributed by atoms with Gasteiger partial charge in [0.1, 0.15) is 10.7 Å². The smallest absolute Gasteiger partial charge is 0.314 e. The van der Waals surface area contributed by atoms with E-state index in [1.165, 1.54) is 12.1 Å². The Morgan fingerprint density at radius 2 is 2.00 bits per heavy atom. The van der Waals surface area contributed by atoms with E-state index in [0.29, 0.717) is 12.2 Å². The van der Waals surface area contributed by atoms with Crippen molar-refractivity contribution in [2.24, 2.45) is 0 Å². The predicted octanol–water partition coefficient (Wildman–Crippen LogP) is 2.12. The van der Waals surface area contributed by atoms with Gasteiger partial charge in [-0.05, 0) is 24.3 Å². The third-order valence-corrected chi connectivity index (χ3v) is 4.48. The highest BCUT2D eigenvalue weighted by molar-refractivity contribution is 6.32. The number of hydrogen-bond donors (Lipinski definition) is 2. The molecule has 128 valence electrons. The van der Waals surface area contributed by atoms with Gasteiger partial charge in [-0.1, -0.05) is 11.6 Å². The molecule has 0 spiro atoms. The number of nitrogens with zero attached hydrogens (tertiary/aromatic N) is 1. The van der Waals surface area contributed by atoms with Crippen molar-refractivity contribution >= 4 is 40.5 Å². The first-order chi connectivity index (χ1) is 11.9. The fourth-order valence-electron chi connectivity index (χ4n) is 2.93. The van der Waals surface area contributed by atoms with Gasteiger partial charge < -0.3 is 5.32 Å². The molecule has 7 nitrogen and oxygen atoms in total. The van der Waals surface area contributed by atoms with E-state index in [1.54, 1.807) is 13.0 Å². The van der Waals surface area contributed by atoms with E-state index in [-0.39, 0.29) is 22.2 Å². The lowest BCUT2D eigenvalue weighted by Gasteiger charge is -2.09. The molecular formula is C17H15ClN3O4+. The maximum absolute atomic E-state index is 12.3. The van der Waals surface area contributed by atoms with E-state index in [2.05, 4.69) is 5.32 Å². The van der Waals surface area contributed by atoms with Gasteiger partial charge in [-0.15, -0.1) is 0 Å². The number of anilines is 1. The van der Waals surface area contributed by atoms with Crippen LogP contribution in [0.3, 0.4) is 0 Å². The molecule has 3 rings (SSSR count). The summed E-state index contributed by atoms with van der Waals surface area (Å²) in [6, 6.07) is 9.26. The second-order valence-electron chi connectivity index (χ2n) is 5.78. The van der Waals surface area contributed by atoms with Crippen LogP contribution in [0.4, 0.5) is 17.1 Å². The monoisotopic (exact) mass is 360 g/mol. The number of fused-ring (bicyclic) bond motifs is 1. The normalized spacial score (nSPS) is 15.5. The number of amides is 2. The lowest BCUT2D eigenvalue weighted by molar-refractivity contribution is -0.740. The summed E-state index contributed by atoms with van der Waals surface area (Å²) in [6.07, 6.45) is 0.750. The van der Waals surface area contributed by atoms with Crippen molar-refractivity contribution < 1.29 is 19.4 Å². The minimum absolute atomic E-state index is 0.0219. The molecule has 2 aromatic rings. The minimum Gasteiger partial charge on any atom is -0.322 e. The summed E-state index contributed by atoms with van der Waals surface area (Å²) in [5.74, 6) is -0.405. The number of nitro groups is 1. The van der Waals surface area contributed by atoms with Crippen LogP contribution in [0.1, 0.15) is 22.8 Å². The summed E-state index contributed by atoms with van der Waals surface area (Å²) in [4.78, 5) is 35.0. The van der Waals surface area contributed by atoms with Gasteiger partial charge in [0.25, 0.3) is 11.6 Å². The number of quaternary nitrogens is 1. The highest BCUT2D eigenvalue weighted by Crippen LogP contribution is 2.26. The lowest BCUT2D eigenvalue weighted by Crippen LogP contribution is -3.08. The van der Waals surface area contributed by atoms with Gasteiger partial charge in [-0.25, -0.2) is 9.69 Å². The van der Waals surface area contributed by atoms with Crippen molar-refractivity contribution in [1.29, 1.82) is 0 Å². The third-order valence-electron chi connectivity index (χ3n) is 4.16. The van der Waals surface area contributed by atoms with E-state index in [1.807, 2.05) is 12.1 Å². The molecule has 25 heavy (non-hydrogen) atoms. The second kappa shape index (κ2) is 6.62. The van der Waals surface area contributed by atoms with Crippen LogP contribution in [0, 0.1) is 10.1 Å². The van der Waals surface area contributed by atoms with E-state index >= 15 is 0 Å². The van der Waals surface area contributed by atoms with Crippen LogP contribution in [-0.2, 0) is 11.2 Å². The van der Waals surface area contributed by atoms with E-state index in [9.17, 15) is 19.7 Å². The van der Waals surface area contributed by atoms with Crippen LogP contribution >= 0.6 is 11.6 Å². The van der Waals surface area contributed by atoms with Crippen LogP contribution in [0.15, 0.2) is 36.4 Å². The fraction of sp³-hybridized carbons (Fsp3) is 0.176. The zero-order valence-electron chi connectivity index (χ0n) is 13.3. The Kier molecular flexibility index (Phi) is 4.52. The van der Waals surface area contributed by atoms with Crippen LogP contribution in [0.2, 0.25) is 5.02 Å². The Bertz CT molecular complexity index is 897. The van der Waals surface area contributed by atoms with Crippen LogP contribution < -0.4 is 10.2 Å². The largest absolute Gasteiger partial charge is 0.322 e. The quantitative estimate of drug-likeness (QED) is 0.647. The van der Waals surface area contributed by atoms with Crippen molar-refractivity contribution in [1.82, 2.24) is 0 Å². The summed E-state index contributed by atoms with van der Waals surface area (Å²) in [7, 11) is 0. The van der Waals surface area contributed by atoms with E-state index in [4.69, 9.17) is 11.6 Å². The Balaban J connectivity index is 1.82. The molecule has 1 unspecified atom stereocenters.